The molecule has 1 saturated heterocycles. The Labute approximate surface area is 324 Å². The van der Waals surface area contributed by atoms with Crippen molar-refractivity contribution < 1.29 is 14.4 Å². The minimum Gasteiger partial charge on any atom is -0.371 e. The molecule has 2 unspecified atom stereocenters. The summed E-state index contributed by atoms with van der Waals surface area (Å²) in [7, 11) is 0. The van der Waals surface area contributed by atoms with Crippen LogP contribution in [0, 0.1) is 0 Å². The molecule has 0 radical (unpaired) electrons. The summed E-state index contributed by atoms with van der Waals surface area (Å²) in [4.78, 5) is 51.6. The highest BCUT2D eigenvalue weighted by Gasteiger charge is 2.24. The number of amides is 3. The van der Waals surface area contributed by atoms with Gasteiger partial charge in [-0.15, -0.1) is 6.58 Å². The van der Waals surface area contributed by atoms with Crippen LogP contribution in [0.2, 0.25) is 0 Å². The number of nitrogens with one attached hydrogen (secondary N) is 5. The molecule has 0 bridgehead atoms. The minimum atomic E-state index is -0.292. The molecule has 288 valence electrons. The van der Waals surface area contributed by atoms with Crippen molar-refractivity contribution in [2.45, 2.75) is 83.1 Å². The van der Waals surface area contributed by atoms with Gasteiger partial charge in [0.15, 0.2) is 0 Å². The average Bonchev–Trinajstić information content (AvgIpc) is 3.62. The number of benzene rings is 2. The van der Waals surface area contributed by atoms with Crippen LogP contribution in [0.5, 0.6) is 0 Å². The summed E-state index contributed by atoms with van der Waals surface area (Å²) in [6.45, 7) is 11.2. The number of aryl methyl sites for hydroxylation is 1. The SMILES string of the molecule is C=CCNC(=O)c1cnc(Nc2ccc(CCNC3CCN(c4ccc(C(C)CCC(=O)NC=O)cc4)CC3)cc2)nc1Nc1ccc2c(n1)C(CC)CC2. The van der Waals surface area contributed by atoms with E-state index in [9.17, 15) is 14.4 Å². The van der Waals surface area contributed by atoms with E-state index in [4.69, 9.17) is 9.97 Å². The van der Waals surface area contributed by atoms with Crippen LogP contribution in [0.4, 0.5) is 29.0 Å². The molecular formula is C43H53N9O3. The Morgan fingerprint density at radius 1 is 0.982 bits per heavy atom. The summed E-state index contributed by atoms with van der Waals surface area (Å²) in [5.74, 6) is 1.57. The Morgan fingerprint density at radius 2 is 1.76 bits per heavy atom. The van der Waals surface area contributed by atoms with Crippen molar-refractivity contribution in [3.05, 3.63) is 107 Å². The molecule has 0 saturated carbocycles. The van der Waals surface area contributed by atoms with Crippen LogP contribution in [-0.4, -0.2) is 65.4 Å². The predicted octanol–water partition coefficient (Wildman–Crippen LogP) is 6.67. The molecule has 12 nitrogen and oxygen atoms in total. The van der Waals surface area contributed by atoms with Crippen molar-refractivity contribution in [3.63, 3.8) is 0 Å². The van der Waals surface area contributed by atoms with Crippen LogP contribution in [0.3, 0.4) is 0 Å². The summed E-state index contributed by atoms with van der Waals surface area (Å²) in [6.07, 6.45) is 10.9. The lowest BCUT2D eigenvalue weighted by atomic mass is 9.95. The highest BCUT2D eigenvalue weighted by atomic mass is 16.2. The van der Waals surface area contributed by atoms with E-state index in [1.807, 2.05) is 18.2 Å². The maximum Gasteiger partial charge on any atom is 0.256 e. The van der Waals surface area contributed by atoms with Gasteiger partial charge in [-0.1, -0.05) is 50.3 Å². The molecule has 1 aliphatic carbocycles. The second kappa shape index (κ2) is 19.1. The highest BCUT2D eigenvalue weighted by molar-refractivity contribution is 5.99. The van der Waals surface area contributed by atoms with Crippen LogP contribution in [0.1, 0.15) is 97.0 Å². The number of hydrogen-bond donors (Lipinski definition) is 5. The maximum atomic E-state index is 13.0. The third-order valence-corrected chi connectivity index (χ3v) is 10.7. The lowest BCUT2D eigenvalue weighted by Crippen LogP contribution is -2.43. The van der Waals surface area contributed by atoms with E-state index >= 15 is 0 Å². The third-order valence-electron chi connectivity index (χ3n) is 10.7. The van der Waals surface area contributed by atoms with Crippen molar-refractivity contribution in [1.82, 2.24) is 30.9 Å². The van der Waals surface area contributed by atoms with Gasteiger partial charge in [-0.25, -0.2) is 9.97 Å². The number of piperidine rings is 1. The fraction of sp³-hybridized carbons (Fsp3) is 0.395. The topological polar surface area (TPSA) is 153 Å². The monoisotopic (exact) mass is 743 g/mol. The van der Waals surface area contributed by atoms with Crippen molar-refractivity contribution >= 4 is 47.2 Å². The van der Waals surface area contributed by atoms with E-state index in [1.54, 1.807) is 6.08 Å². The number of aromatic nitrogens is 3. The molecule has 6 rings (SSSR count). The van der Waals surface area contributed by atoms with E-state index in [0.717, 1.165) is 69.5 Å². The molecule has 12 heteroatoms. The number of imide groups is 1. The molecule has 1 aliphatic heterocycles. The van der Waals surface area contributed by atoms with Gasteiger partial charge >= 0.3 is 0 Å². The summed E-state index contributed by atoms with van der Waals surface area (Å²) in [6, 6.07) is 21.5. The second-order valence-electron chi connectivity index (χ2n) is 14.5. The van der Waals surface area contributed by atoms with E-state index in [1.165, 1.54) is 28.6 Å². The van der Waals surface area contributed by atoms with Crippen LogP contribution in [0.25, 0.3) is 0 Å². The zero-order chi connectivity index (χ0) is 38.6. The number of hydrogen-bond acceptors (Lipinski definition) is 10. The Balaban J connectivity index is 0.978. The van der Waals surface area contributed by atoms with Gasteiger partial charge in [0.25, 0.3) is 5.91 Å². The first-order valence-corrected chi connectivity index (χ1v) is 19.5. The normalized spacial score (nSPS) is 15.8. The third kappa shape index (κ3) is 10.5. The Bertz CT molecular complexity index is 1930. The molecule has 5 N–H and O–H groups in total. The van der Waals surface area contributed by atoms with E-state index in [2.05, 4.69) is 99.4 Å². The van der Waals surface area contributed by atoms with Crippen LogP contribution in [0.15, 0.2) is 79.5 Å². The molecule has 3 amide bonds. The average molecular weight is 744 g/mol. The zero-order valence-electron chi connectivity index (χ0n) is 31.9. The molecule has 0 spiro atoms. The van der Waals surface area contributed by atoms with Gasteiger partial charge in [0, 0.05) is 61.3 Å². The Kier molecular flexibility index (Phi) is 13.6. The van der Waals surface area contributed by atoms with Crippen molar-refractivity contribution in [3.8, 4) is 0 Å². The fourth-order valence-corrected chi connectivity index (χ4v) is 7.40. The van der Waals surface area contributed by atoms with Gasteiger partial charge in [-0.2, -0.15) is 4.98 Å². The molecule has 3 heterocycles. The number of rotatable bonds is 18. The van der Waals surface area contributed by atoms with E-state index in [0.29, 0.717) is 60.9 Å². The van der Waals surface area contributed by atoms with Gasteiger partial charge in [0.2, 0.25) is 18.3 Å². The first-order valence-electron chi connectivity index (χ1n) is 19.5. The summed E-state index contributed by atoms with van der Waals surface area (Å²) < 4.78 is 0. The smallest absolute Gasteiger partial charge is 0.256 e. The Morgan fingerprint density at radius 3 is 2.49 bits per heavy atom. The number of pyridine rings is 1. The fourth-order valence-electron chi connectivity index (χ4n) is 7.40. The molecule has 2 aromatic carbocycles. The highest BCUT2D eigenvalue weighted by Crippen LogP contribution is 2.35. The number of carbonyl (C=O) groups is 3. The van der Waals surface area contributed by atoms with Crippen molar-refractivity contribution in [1.29, 1.82) is 0 Å². The first-order chi connectivity index (χ1) is 26.8. The molecule has 2 aliphatic rings. The molecule has 2 atom stereocenters. The lowest BCUT2D eigenvalue weighted by molar-refractivity contribution is -0.125. The van der Waals surface area contributed by atoms with Crippen molar-refractivity contribution in [2.24, 2.45) is 0 Å². The van der Waals surface area contributed by atoms with Crippen molar-refractivity contribution in [2.75, 3.05) is 41.7 Å². The second-order valence-corrected chi connectivity index (χ2v) is 14.5. The largest absolute Gasteiger partial charge is 0.371 e. The van der Waals surface area contributed by atoms with E-state index in [-0.39, 0.29) is 17.7 Å². The molecule has 4 aromatic rings. The summed E-state index contributed by atoms with van der Waals surface area (Å²) >= 11 is 0. The van der Waals surface area contributed by atoms with Gasteiger partial charge in [0.1, 0.15) is 17.2 Å². The number of fused-ring (bicyclic) bond motifs is 1. The minimum absolute atomic E-state index is 0.236. The van der Waals surface area contributed by atoms with Crippen LogP contribution in [-0.2, 0) is 22.4 Å². The Hall–Kier alpha value is -5.62. The predicted molar refractivity (Wildman–Crippen MR) is 218 cm³/mol. The maximum absolute atomic E-state index is 13.0. The van der Waals surface area contributed by atoms with Crippen LogP contribution < -0.4 is 31.5 Å². The summed E-state index contributed by atoms with van der Waals surface area (Å²) in [5.41, 5.74) is 7.26. The molecule has 2 aromatic heterocycles. The summed E-state index contributed by atoms with van der Waals surface area (Å²) in [5, 5.41) is 15.4. The van der Waals surface area contributed by atoms with E-state index < -0.39 is 0 Å². The van der Waals surface area contributed by atoms with Gasteiger partial charge in [-0.3, -0.25) is 19.7 Å². The van der Waals surface area contributed by atoms with Gasteiger partial charge in [0.05, 0.1) is 0 Å². The number of anilines is 5. The zero-order valence-corrected chi connectivity index (χ0v) is 31.9. The lowest BCUT2D eigenvalue weighted by Gasteiger charge is -2.34. The quantitative estimate of drug-likeness (QED) is 0.0552. The van der Waals surface area contributed by atoms with Gasteiger partial charge in [-0.05, 0) is 104 Å². The van der Waals surface area contributed by atoms with Crippen LogP contribution >= 0.6 is 0 Å². The number of nitrogens with zero attached hydrogens (tertiary/aromatic N) is 4. The molecule has 55 heavy (non-hydrogen) atoms. The first kappa shape index (κ1) is 39.1. The molecular weight excluding hydrogens is 691 g/mol. The number of carbonyl (C=O) groups excluding carboxylic acids is 3. The standard InChI is InChI=1S/C43H53N9O3/c1-4-23-45-42(55)37-27-46-43(51-41(37)50-38-18-13-33-10-9-31(5-2)40(33)49-38)48-35-14-7-30(8-15-35)20-24-44-34-21-25-52(26-22-34)36-16-11-32(12-17-36)29(3)6-19-39(54)47-28-53/h4,7-8,11-18,27-29,31,34,44H,1,5-6,9-10,19-26H2,2-3H3,(H,45,55)(H,47,53,54)(H2,46,48,49,50,51). The molecule has 1 fully saturated rings. The van der Waals surface area contributed by atoms with Gasteiger partial charge < -0.3 is 26.2 Å².